The average Bonchev–Trinajstić information content (AvgIpc) is 3.31. The lowest BCUT2D eigenvalue weighted by molar-refractivity contribution is 0.114. The van der Waals surface area contributed by atoms with Crippen molar-refractivity contribution in [3.8, 4) is 11.5 Å². The molecule has 3 aromatic rings. The predicted octanol–water partition coefficient (Wildman–Crippen LogP) is 3.91. The molecule has 2 bridgehead atoms. The van der Waals surface area contributed by atoms with Crippen LogP contribution in [0.5, 0.6) is 0 Å². The van der Waals surface area contributed by atoms with Gasteiger partial charge in [-0.15, -0.1) is 0 Å². The Morgan fingerprint density at radius 1 is 1.00 bits per heavy atom. The van der Waals surface area contributed by atoms with E-state index >= 15 is 0 Å². The number of fused-ring (bicyclic) bond motifs is 4. The van der Waals surface area contributed by atoms with Gasteiger partial charge in [0.15, 0.2) is 5.76 Å². The Balaban J connectivity index is 1.26. The van der Waals surface area contributed by atoms with Crippen LogP contribution >= 0.6 is 0 Å². The van der Waals surface area contributed by atoms with E-state index in [1.165, 1.54) is 18.4 Å². The van der Waals surface area contributed by atoms with E-state index in [0.717, 1.165) is 49.9 Å². The van der Waals surface area contributed by atoms with Crippen molar-refractivity contribution in [2.75, 3.05) is 19.6 Å². The van der Waals surface area contributed by atoms with Crippen molar-refractivity contribution >= 4 is 0 Å². The molecule has 2 atom stereocenters. The summed E-state index contributed by atoms with van der Waals surface area (Å²) in [5, 5.41) is 6.95. The van der Waals surface area contributed by atoms with Crippen LogP contribution in [0.2, 0.25) is 0 Å². The second kappa shape index (κ2) is 7.53. The van der Waals surface area contributed by atoms with Gasteiger partial charge in [-0.3, -0.25) is 14.9 Å². The summed E-state index contributed by atoms with van der Waals surface area (Å²) in [5.41, 5.74) is 2.10. The minimum Gasteiger partial charge on any atom is -0.458 e. The molecule has 5 heterocycles. The number of nitrogens with one attached hydrogen (secondary N) is 1. The molecule has 0 saturated carbocycles. The number of hydrogen-bond donors (Lipinski definition) is 1. The second-order valence-corrected chi connectivity index (χ2v) is 8.08. The van der Waals surface area contributed by atoms with Gasteiger partial charge >= 0.3 is 0 Å². The summed E-state index contributed by atoms with van der Waals surface area (Å²) in [5.74, 6) is 2.35. The SMILES string of the molecule is Fc1ccc(CN2C[C@H]3CC[C@@H](C2)N(Cc2ccc(-c4ccn[nH]4)o2)C3)cc1. The fourth-order valence-corrected chi connectivity index (χ4v) is 4.65. The Morgan fingerprint density at radius 2 is 1.89 bits per heavy atom. The van der Waals surface area contributed by atoms with Gasteiger partial charge in [-0.1, -0.05) is 12.1 Å². The van der Waals surface area contributed by atoms with Crippen LogP contribution in [0.4, 0.5) is 4.39 Å². The zero-order chi connectivity index (χ0) is 18.9. The van der Waals surface area contributed by atoms with Crippen molar-refractivity contribution < 1.29 is 8.81 Å². The molecule has 1 N–H and O–H groups in total. The van der Waals surface area contributed by atoms with Crippen molar-refractivity contribution in [2.24, 2.45) is 5.92 Å². The number of nitrogens with zero attached hydrogens (tertiary/aromatic N) is 3. The highest BCUT2D eigenvalue weighted by molar-refractivity contribution is 5.51. The molecule has 6 heteroatoms. The summed E-state index contributed by atoms with van der Waals surface area (Å²) in [6.45, 7) is 5.03. The first kappa shape index (κ1) is 17.6. The molecule has 0 unspecified atom stereocenters. The zero-order valence-electron chi connectivity index (χ0n) is 15.9. The molecule has 0 aliphatic carbocycles. The van der Waals surface area contributed by atoms with Crippen LogP contribution in [0.3, 0.4) is 0 Å². The number of rotatable bonds is 5. The van der Waals surface area contributed by atoms with Gasteiger partial charge in [0, 0.05) is 38.4 Å². The van der Waals surface area contributed by atoms with Crippen LogP contribution in [0, 0.1) is 11.7 Å². The van der Waals surface area contributed by atoms with Gasteiger partial charge in [0.25, 0.3) is 0 Å². The van der Waals surface area contributed by atoms with Gasteiger partial charge in [0.2, 0.25) is 0 Å². The molecule has 0 spiro atoms. The van der Waals surface area contributed by atoms with E-state index in [4.69, 9.17) is 4.42 Å². The first-order valence-corrected chi connectivity index (χ1v) is 10.0. The van der Waals surface area contributed by atoms with E-state index in [2.05, 4.69) is 26.1 Å². The molecule has 3 aliphatic heterocycles. The average molecular weight is 380 g/mol. The van der Waals surface area contributed by atoms with Gasteiger partial charge < -0.3 is 4.42 Å². The first-order chi connectivity index (χ1) is 13.7. The molecule has 3 fully saturated rings. The maximum atomic E-state index is 13.2. The van der Waals surface area contributed by atoms with E-state index in [1.54, 1.807) is 18.3 Å². The minimum absolute atomic E-state index is 0.168. The summed E-state index contributed by atoms with van der Waals surface area (Å²) < 4.78 is 19.2. The maximum absolute atomic E-state index is 13.2. The van der Waals surface area contributed by atoms with E-state index in [0.29, 0.717) is 12.0 Å². The quantitative estimate of drug-likeness (QED) is 0.729. The van der Waals surface area contributed by atoms with E-state index in [1.807, 2.05) is 24.3 Å². The topological polar surface area (TPSA) is 48.3 Å². The number of halogens is 1. The third-order valence-corrected chi connectivity index (χ3v) is 6.01. The molecular weight excluding hydrogens is 355 g/mol. The Bertz CT molecular complexity index is 905. The van der Waals surface area contributed by atoms with Crippen molar-refractivity contribution in [2.45, 2.75) is 32.0 Å². The van der Waals surface area contributed by atoms with Crippen LogP contribution in [0.25, 0.3) is 11.5 Å². The summed E-state index contributed by atoms with van der Waals surface area (Å²) in [7, 11) is 0. The molecule has 28 heavy (non-hydrogen) atoms. The van der Waals surface area contributed by atoms with Crippen LogP contribution in [0.1, 0.15) is 24.2 Å². The Kier molecular flexibility index (Phi) is 4.74. The van der Waals surface area contributed by atoms with Gasteiger partial charge in [-0.05, 0) is 54.7 Å². The maximum Gasteiger partial charge on any atom is 0.152 e. The number of aromatic amines is 1. The fourth-order valence-electron chi connectivity index (χ4n) is 4.65. The van der Waals surface area contributed by atoms with E-state index in [9.17, 15) is 4.39 Å². The highest BCUT2D eigenvalue weighted by Gasteiger charge is 2.35. The standard InChI is InChI=1S/C22H25FN4O/c23-18-4-1-16(2-5-18)11-26-12-17-3-6-19(14-26)27(13-17)15-20-7-8-22(28-20)21-9-10-24-25-21/h1-2,4-5,7-10,17,19H,3,6,11-15H2,(H,24,25)/t17-,19+/m1/s1. The summed E-state index contributed by atoms with van der Waals surface area (Å²) >= 11 is 0. The summed E-state index contributed by atoms with van der Waals surface area (Å²) in [4.78, 5) is 5.11. The number of furan rings is 1. The van der Waals surface area contributed by atoms with Crippen molar-refractivity contribution in [3.63, 3.8) is 0 Å². The Hall–Kier alpha value is -2.44. The fraction of sp³-hybridized carbons (Fsp3) is 0.409. The monoisotopic (exact) mass is 380 g/mol. The molecule has 146 valence electrons. The number of aromatic nitrogens is 2. The van der Waals surface area contributed by atoms with Crippen molar-refractivity contribution in [1.82, 2.24) is 20.0 Å². The largest absolute Gasteiger partial charge is 0.458 e. The van der Waals surface area contributed by atoms with E-state index < -0.39 is 0 Å². The smallest absolute Gasteiger partial charge is 0.152 e. The molecule has 5 nitrogen and oxygen atoms in total. The lowest BCUT2D eigenvalue weighted by atomic mass is 9.95. The number of H-pyrrole nitrogens is 1. The van der Waals surface area contributed by atoms with Gasteiger partial charge in [-0.25, -0.2) is 4.39 Å². The third kappa shape index (κ3) is 3.75. The normalized spacial score (nSPS) is 23.2. The summed E-state index contributed by atoms with van der Waals surface area (Å²) in [6.07, 6.45) is 4.26. The molecule has 6 rings (SSSR count). The van der Waals surface area contributed by atoms with Crippen LogP contribution in [0.15, 0.2) is 53.1 Å². The first-order valence-electron chi connectivity index (χ1n) is 10.0. The lowest BCUT2D eigenvalue weighted by Gasteiger charge is -2.35. The van der Waals surface area contributed by atoms with Crippen LogP contribution in [-0.4, -0.2) is 45.7 Å². The van der Waals surface area contributed by atoms with Crippen molar-refractivity contribution in [1.29, 1.82) is 0 Å². The number of hydrogen-bond acceptors (Lipinski definition) is 4. The highest BCUT2D eigenvalue weighted by atomic mass is 19.1. The van der Waals surface area contributed by atoms with Gasteiger partial charge in [-0.2, -0.15) is 5.10 Å². The molecule has 0 radical (unpaired) electrons. The van der Waals surface area contributed by atoms with Gasteiger partial charge in [0.05, 0.1) is 6.54 Å². The molecule has 0 amide bonds. The Labute approximate surface area is 164 Å². The van der Waals surface area contributed by atoms with Gasteiger partial charge in [0.1, 0.15) is 17.3 Å². The zero-order valence-corrected chi connectivity index (χ0v) is 15.9. The van der Waals surface area contributed by atoms with E-state index in [-0.39, 0.29) is 5.82 Å². The summed E-state index contributed by atoms with van der Waals surface area (Å²) in [6, 6.07) is 13.5. The van der Waals surface area contributed by atoms with Crippen LogP contribution < -0.4 is 0 Å². The molecule has 3 aliphatic rings. The molecular formula is C22H25FN4O. The van der Waals surface area contributed by atoms with Crippen LogP contribution in [-0.2, 0) is 13.1 Å². The number of benzene rings is 1. The van der Waals surface area contributed by atoms with Crippen molar-refractivity contribution in [3.05, 3.63) is 65.8 Å². The lowest BCUT2D eigenvalue weighted by Crippen LogP contribution is -2.43. The predicted molar refractivity (Wildman–Crippen MR) is 105 cm³/mol. The minimum atomic E-state index is -0.168. The molecule has 1 aromatic carbocycles. The third-order valence-electron chi connectivity index (χ3n) is 6.01. The Morgan fingerprint density at radius 3 is 2.71 bits per heavy atom. The second-order valence-electron chi connectivity index (χ2n) is 8.08. The molecule has 2 aromatic heterocycles. The molecule has 3 saturated heterocycles. The number of piperidine rings is 1. The highest BCUT2D eigenvalue weighted by Crippen LogP contribution is 2.31.